The van der Waals surface area contributed by atoms with Crippen molar-refractivity contribution < 1.29 is 19.4 Å². The summed E-state index contributed by atoms with van der Waals surface area (Å²) < 4.78 is 13.3. The van der Waals surface area contributed by atoms with Crippen molar-refractivity contribution in [1.29, 1.82) is 0 Å². The van der Waals surface area contributed by atoms with E-state index in [4.69, 9.17) is 0 Å². The normalized spacial score (nSPS) is 14.4. The average molecular weight is 259 g/mol. The quantitative estimate of drug-likeness (QED) is 0.833. The van der Waals surface area contributed by atoms with Crippen LogP contribution in [0.3, 0.4) is 0 Å². The molecule has 1 rings (SSSR count). The molecule has 2 N–H and O–H groups in total. The first-order chi connectivity index (χ1) is 8.02. The third-order valence-corrected chi connectivity index (χ3v) is 3.05. The summed E-state index contributed by atoms with van der Waals surface area (Å²) in [6.07, 6.45) is 0.144. The molecule has 0 aliphatic rings. The highest BCUT2D eigenvalue weighted by Crippen LogP contribution is 2.22. The molecule has 1 heterocycles. The van der Waals surface area contributed by atoms with E-state index in [0.717, 1.165) is 18.0 Å². The number of aliphatic hydroxyl groups is 2. The zero-order valence-corrected chi connectivity index (χ0v) is 10.2. The Morgan fingerprint density at radius 1 is 1.59 bits per heavy atom. The molecule has 2 atom stereocenters. The molecule has 0 saturated carbocycles. The Hall–Kier alpha value is -0.980. The molecular formula is C11H14FNO3S. The highest BCUT2D eigenvalue weighted by molar-refractivity contribution is 8.13. The molecule has 4 nitrogen and oxygen atoms in total. The molecule has 0 spiro atoms. The number of thioether (sulfide) groups is 1. The standard InChI is InChI=1S/C11H14FNO3S/c1-7(14)17-5-3-10(15)11(16)8-2-4-13-6-9(8)12/h2,4,6,10-11,15-16H,3,5H2,1H3. The summed E-state index contributed by atoms with van der Waals surface area (Å²) in [5.41, 5.74) is 0.0142. The molecule has 0 amide bonds. The lowest BCUT2D eigenvalue weighted by Crippen LogP contribution is -2.20. The number of nitrogens with zero attached hydrogens (tertiary/aromatic N) is 1. The van der Waals surface area contributed by atoms with Crippen LogP contribution in [0.1, 0.15) is 25.0 Å². The Bertz CT molecular complexity index is 389. The molecule has 0 fully saturated rings. The lowest BCUT2D eigenvalue weighted by Gasteiger charge is -2.17. The summed E-state index contributed by atoms with van der Waals surface area (Å²) in [5.74, 6) is -0.265. The minimum absolute atomic E-state index is 0.0142. The summed E-state index contributed by atoms with van der Waals surface area (Å²) >= 11 is 1.06. The molecule has 94 valence electrons. The molecule has 1 aromatic rings. The maximum Gasteiger partial charge on any atom is 0.185 e. The van der Waals surface area contributed by atoms with E-state index >= 15 is 0 Å². The topological polar surface area (TPSA) is 70.4 Å². The van der Waals surface area contributed by atoms with Gasteiger partial charge in [0, 0.05) is 24.4 Å². The monoisotopic (exact) mass is 259 g/mol. The summed E-state index contributed by atoms with van der Waals surface area (Å²) in [6.45, 7) is 1.43. The van der Waals surface area contributed by atoms with Crippen molar-refractivity contribution >= 4 is 16.9 Å². The maximum atomic E-state index is 13.3. The molecule has 2 unspecified atom stereocenters. The van der Waals surface area contributed by atoms with Crippen molar-refractivity contribution in [2.24, 2.45) is 0 Å². The van der Waals surface area contributed by atoms with Crippen LogP contribution in [-0.2, 0) is 4.79 Å². The van der Waals surface area contributed by atoms with Gasteiger partial charge >= 0.3 is 0 Å². The fourth-order valence-electron chi connectivity index (χ4n) is 1.31. The lowest BCUT2D eigenvalue weighted by atomic mass is 10.0. The average Bonchev–Trinajstić information content (AvgIpc) is 2.28. The SMILES string of the molecule is CC(=O)SCCC(O)C(O)c1ccncc1F. The number of pyridine rings is 1. The number of halogens is 1. The van der Waals surface area contributed by atoms with Gasteiger partial charge in [0.05, 0.1) is 12.3 Å². The van der Waals surface area contributed by atoms with Gasteiger partial charge in [-0.3, -0.25) is 9.78 Å². The molecule has 0 bridgehead atoms. The van der Waals surface area contributed by atoms with Crippen LogP contribution in [0.5, 0.6) is 0 Å². The second-order valence-corrected chi connectivity index (χ2v) is 4.81. The van der Waals surface area contributed by atoms with Gasteiger partial charge in [0.25, 0.3) is 0 Å². The fourth-order valence-corrected chi connectivity index (χ4v) is 1.96. The van der Waals surface area contributed by atoms with Crippen molar-refractivity contribution in [3.05, 3.63) is 29.8 Å². The zero-order chi connectivity index (χ0) is 12.8. The first-order valence-corrected chi connectivity index (χ1v) is 6.10. The minimum atomic E-state index is -1.30. The smallest absolute Gasteiger partial charge is 0.185 e. The molecular weight excluding hydrogens is 245 g/mol. The third-order valence-electron chi connectivity index (χ3n) is 2.21. The maximum absolute atomic E-state index is 13.3. The number of aliphatic hydroxyl groups excluding tert-OH is 2. The second kappa shape index (κ2) is 6.68. The second-order valence-electron chi connectivity index (χ2n) is 3.54. The van der Waals surface area contributed by atoms with Crippen molar-refractivity contribution in [3.8, 4) is 0 Å². The van der Waals surface area contributed by atoms with Gasteiger partial charge in [0.1, 0.15) is 11.9 Å². The van der Waals surface area contributed by atoms with Crippen LogP contribution < -0.4 is 0 Å². The number of aromatic nitrogens is 1. The molecule has 0 aromatic carbocycles. The van der Waals surface area contributed by atoms with E-state index in [1.165, 1.54) is 19.2 Å². The molecule has 0 aliphatic heterocycles. The van der Waals surface area contributed by atoms with Crippen LogP contribution in [-0.4, -0.2) is 32.2 Å². The largest absolute Gasteiger partial charge is 0.390 e. The van der Waals surface area contributed by atoms with Crippen molar-refractivity contribution in [2.75, 3.05) is 5.75 Å². The predicted octanol–water partition coefficient (Wildman–Crippen LogP) is 1.28. The molecule has 6 heteroatoms. The van der Waals surface area contributed by atoms with Crippen molar-refractivity contribution in [2.45, 2.75) is 25.6 Å². The third kappa shape index (κ3) is 4.41. The van der Waals surface area contributed by atoms with Gasteiger partial charge in [-0.25, -0.2) is 4.39 Å². The first-order valence-electron chi connectivity index (χ1n) is 5.11. The fraction of sp³-hybridized carbons (Fsp3) is 0.455. The molecule has 0 aliphatic carbocycles. The Labute approximate surface area is 103 Å². The predicted molar refractivity (Wildman–Crippen MR) is 62.9 cm³/mol. The number of rotatable bonds is 5. The van der Waals surface area contributed by atoms with Crippen LogP contribution in [0.15, 0.2) is 18.5 Å². The number of carbonyl (C=O) groups is 1. The highest BCUT2D eigenvalue weighted by atomic mass is 32.2. The Morgan fingerprint density at radius 3 is 2.88 bits per heavy atom. The van der Waals surface area contributed by atoms with Crippen LogP contribution >= 0.6 is 11.8 Å². The van der Waals surface area contributed by atoms with E-state index in [1.54, 1.807) is 0 Å². The van der Waals surface area contributed by atoms with E-state index in [9.17, 15) is 19.4 Å². The molecule has 0 radical (unpaired) electrons. The van der Waals surface area contributed by atoms with Gasteiger partial charge in [-0.1, -0.05) is 11.8 Å². The Balaban J connectivity index is 2.55. The summed E-state index contributed by atoms with van der Waals surface area (Å²) in [5, 5.41) is 19.3. The van der Waals surface area contributed by atoms with E-state index in [-0.39, 0.29) is 17.1 Å². The van der Waals surface area contributed by atoms with Gasteiger partial charge < -0.3 is 10.2 Å². The van der Waals surface area contributed by atoms with Crippen molar-refractivity contribution in [3.63, 3.8) is 0 Å². The zero-order valence-electron chi connectivity index (χ0n) is 9.34. The van der Waals surface area contributed by atoms with Crippen LogP contribution in [0.4, 0.5) is 4.39 Å². The molecule has 1 aromatic heterocycles. The minimum Gasteiger partial charge on any atom is -0.390 e. The van der Waals surface area contributed by atoms with Crippen molar-refractivity contribution in [1.82, 2.24) is 4.98 Å². The Kier molecular flexibility index (Phi) is 5.54. The van der Waals surface area contributed by atoms with E-state index in [2.05, 4.69) is 4.98 Å². The van der Waals surface area contributed by atoms with Crippen LogP contribution in [0, 0.1) is 5.82 Å². The summed E-state index contributed by atoms with van der Waals surface area (Å²) in [6, 6.07) is 1.32. The highest BCUT2D eigenvalue weighted by Gasteiger charge is 2.21. The van der Waals surface area contributed by atoms with E-state index < -0.39 is 18.0 Å². The van der Waals surface area contributed by atoms with Gasteiger partial charge in [-0.2, -0.15) is 0 Å². The van der Waals surface area contributed by atoms with Gasteiger partial charge in [-0.05, 0) is 12.5 Å². The summed E-state index contributed by atoms with van der Waals surface area (Å²) in [7, 11) is 0. The van der Waals surface area contributed by atoms with Crippen LogP contribution in [0.2, 0.25) is 0 Å². The van der Waals surface area contributed by atoms with Crippen LogP contribution in [0.25, 0.3) is 0 Å². The van der Waals surface area contributed by atoms with E-state index in [1.807, 2.05) is 0 Å². The van der Waals surface area contributed by atoms with E-state index in [0.29, 0.717) is 5.75 Å². The number of hydrogen-bond acceptors (Lipinski definition) is 5. The summed E-state index contributed by atoms with van der Waals surface area (Å²) in [4.78, 5) is 14.2. The first kappa shape index (κ1) is 14.1. The number of carbonyl (C=O) groups excluding carboxylic acids is 1. The van der Waals surface area contributed by atoms with Gasteiger partial charge in [0.15, 0.2) is 5.12 Å². The molecule has 0 saturated heterocycles. The van der Waals surface area contributed by atoms with Gasteiger partial charge in [-0.15, -0.1) is 0 Å². The Morgan fingerprint density at radius 2 is 2.29 bits per heavy atom. The van der Waals surface area contributed by atoms with Gasteiger partial charge in [0.2, 0.25) is 0 Å². The molecule has 17 heavy (non-hydrogen) atoms. The number of hydrogen-bond donors (Lipinski definition) is 2. The lowest BCUT2D eigenvalue weighted by molar-refractivity contribution is -0.109.